The summed E-state index contributed by atoms with van der Waals surface area (Å²) in [5, 5.41) is 9.60. The molecular weight excluding hydrogens is 453 g/mol. The number of aryl methyl sites for hydroxylation is 1. The molecule has 2 unspecified atom stereocenters. The van der Waals surface area contributed by atoms with Gasteiger partial charge < -0.3 is 20.1 Å². The van der Waals surface area contributed by atoms with Crippen LogP contribution >= 0.6 is 24.0 Å². The van der Waals surface area contributed by atoms with Gasteiger partial charge in [-0.25, -0.2) is 0 Å². The number of aliphatic hydroxyl groups is 1. The molecule has 0 spiro atoms. The SMILES string of the molecule is Cl.NC(CO)CCCc1ccc([S+]([O-])c2cccc(OCc3ccccc3)c2)cc1Cl. The van der Waals surface area contributed by atoms with Gasteiger partial charge in [0.1, 0.15) is 12.4 Å². The van der Waals surface area contributed by atoms with E-state index in [1.807, 2.05) is 60.7 Å². The fraction of sp³-hybridized carbons (Fsp3) is 0.250. The summed E-state index contributed by atoms with van der Waals surface area (Å²) in [5.74, 6) is 0.674. The molecule has 3 rings (SSSR count). The van der Waals surface area contributed by atoms with Gasteiger partial charge in [0.25, 0.3) is 0 Å². The van der Waals surface area contributed by atoms with Crippen LogP contribution in [0.2, 0.25) is 5.02 Å². The Labute approximate surface area is 198 Å². The Balaban J connectivity index is 0.00000341. The topological polar surface area (TPSA) is 78.5 Å². The molecule has 0 amide bonds. The zero-order chi connectivity index (χ0) is 21.3. The lowest BCUT2D eigenvalue weighted by Gasteiger charge is -2.13. The van der Waals surface area contributed by atoms with E-state index in [4.69, 9.17) is 27.2 Å². The van der Waals surface area contributed by atoms with Crippen molar-refractivity contribution in [2.24, 2.45) is 5.73 Å². The van der Waals surface area contributed by atoms with Crippen LogP contribution in [0.15, 0.2) is 82.6 Å². The minimum atomic E-state index is -1.36. The molecule has 0 aromatic heterocycles. The summed E-state index contributed by atoms with van der Waals surface area (Å²) in [6.45, 7) is 0.442. The van der Waals surface area contributed by atoms with Crippen LogP contribution in [0.25, 0.3) is 0 Å². The van der Waals surface area contributed by atoms with Gasteiger partial charge in [-0.1, -0.05) is 54.1 Å². The summed E-state index contributed by atoms with van der Waals surface area (Å²) in [5.41, 5.74) is 7.80. The Hall–Kier alpha value is -1.73. The Bertz CT molecular complexity index is 943. The number of nitrogens with two attached hydrogens (primary N) is 1. The van der Waals surface area contributed by atoms with Crippen molar-refractivity contribution in [2.75, 3.05) is 6.61 Å². The molecule has 0 saturated heterocycles. The van der Waals surface area contributed by atoms with Crippen molar-refractivity contribution in [3.05, 3.63) is 88.9 Å². The van der Waals surface area contributed by atoms with Gasteiger partial charge in [-0.3, -0.25) is 0 Å². The summed E-state index contributed by atoms with van der Waals surface area (Å²) < 4.78 is 18.9. The van der Waals surface area contributed by atoms with Crippen LogP contribution in [0.1, 0.15) is 24.0 Å². The zero-order valence-electron chi connectivity index (χ0n) is 17.1. The van der Waals surface area contributed by atoms with E-state index in [-0.39, 0.29) is 25.1 Å². The molecule has 166 valence electrons. The molecule has 4 nitrogen and oxygen atoms in total. The van der Waals surface area contributed by atoms with Gasteiger partial charge in [-0.15, -0.1) is 12.4 Å². The molecule has 0 saturated carbocycles. The first-order chi connectivity index (χ1) is 14.6. The summed E-state index contributed by atoms with van der Waals surface area (Å²) in [4.78, 5) is 1.31. The van der Waals surface area contributed by atoms with Gasteiger partial charge >= 0.3 is 0 Å². The Morgan fingerprint density at radius 2 is 1.74 bits per heavy atom. The van der Waals surface area contributed by atoms with E-state index >= 15 is 0 Å². The lowest BCUT2D eigenvalue weighted by molar-refractivity contribution is 0.258. The number of aliphatic hydroxyl groups excluding tert-OH is 1. The van der Waals surface area contributed by atoms with Gasteiger partial charge in [0.2, 0.25) is 0 Å². The molecule has 0 aliphatic heterocycles. The van der Waals surface area contributed by atoms with Crippen molar-refractivity contribution < 1.29 is 14.4 Å². The first-order valence-corrected chi connectivity index (χ1v) is 11.4. The minimum Gasteiger partial charge on any atom is -0.606 e. The molecule has 0 heterocycles. The first kappa shape index (κ1) is 25.5. The van der Waals surface area contributed by atoms with Gasteiger partial charge in [0.05, 0.1) is 6.61 Å². The maximum absolute atomic E-state index is 13.0. The standard InChI is InChI=1S/C24H26ClNO3S.ClH/c25-24-15-23(13-12-19(24)8-4-9-20(26)16-27)30(28)22-11-5-10-21(14-22)29-17-18-6-2-1-3-7-18;/h1-3,5-7,10-15,20,27H,4,8-9,16-17,26H2;1H. The van der Waals surface area contributed by atoms with Gasteiger partial charge in [0.15, 0.2) is 9.79 Å². The normalized spacial score (nSPS) is 12.6. The van der Waals surface area contributed by atoms with Crippen LogP contribution in [-0.4, -0.2) is 22.3 Å². The summed E-state index contributed by atoms with van der Waals surface area (Å²) in [6.07, 6.45) is 2.34. The molecule has 2 atom stereocenters. The maximum atomic E-state index is 13.0. The lowest BCUT2D eigenvalue weighted by atomic mass is 10.1. The molecule has 3 aromatic carbocycles. The van der Waals surface area contributed by atoms with E-state index in [0.717, 1.165) is 30.4 Å². The highest BCUT2D eigenvalue weighted by molar-refractivity contribution is 7.91. The number of hydrogen-bond donors (Lipinski definition) is 2. The van der Waals surface area contributed by atoms with E-state index in [9.17, 15) is 4.55 Å². The summed E-state index contributed by atoms with van der Waals surface area (Å²) in [6, 6.07) is 22.6. The second kappa shape index (κ2) is 13.0. The maximum Gasteiger partial charge on any atom is 0.162 e. The number of hydrogen-bond acceptors (Lipinski definition) is 4. The molecular formula is C24H27Cl2NO3S. The Morgan fingerprint density at radius 3 is 2.45 bits per heavy atom. The van der Waals surface area contributed by atoms with E-state index in [1.54, 1.807) is 12.1 Å². The third-order valence-corrected chi connectivity index (χ3v) is 6.48. The molecule has 7 heteroatoms. The van der Waals surface area contributed by atoms with Crippen LogP contribution in [0, 0.1) is 0 Å². The Morgan fingerprint density at radius 1 is 1.00 bits per heavy atom. The summed E-state index contributed by atoms with van der Waals surface area (Å²) in [7, 11) is 0. The van der Waals surface area contributed by atoms with Crippen molar-refractivity contribution in [1.82, 2.24) is 0 Å². The molecule has 0 aliphatic rings. The van der Waals surface area contributed by atoms with Gasteiger partial charge in [-0.2, -0.15) is 0 Å². The molecule has 3 aromatic rings. The highest BCUT2D eigenvalue weighted by Crippen LogP contribution is 2.28. The molecule has 3 N–H and O–H groups in total. The average molecular weight is 480 g/mol. The first-order valence-electron chi connectivity index (χ1n) is 9.90. The Kier molecular flexibility index (Phi) is 10.7. The smallest absolute Gasteiger partial charge is 0.162 e. The molecule has 0 radical (unpaired) electrons. The van der Waals surface area contributed by atoms with E-state index < -0.39 is 11.2 Å². The molecule has 0 aliphatic carbocycles. The van der Waals surface area contributed by atoms with E-state index in [0.29, 0.717) is 27.2 Å². The van der Waals surface area contributed by atoms with Crippen LogP contribution < -0.4 is 10.5 Å². The largest absolute Gasteiger partial charge is 0.606 e. The van der Waals surface area contributed by atoms with E-state index in [2.05, 4.69) is 0 Å². The highest BCUT2D eigenvalue weighted by Gasteiger charge is 2.17. The zero-order valence-corrected chi connectivity index (χ0v) is 19.5. The fourth-order valence-corrected chi connectivity index (χ4v) is 4.50. The average Bonchev–Trinajstić information content (AvgIpc) is 2.79. The van der Waals surface area contributed by atoms with Gasteiger partial charge in [0, 0.05) is 34.4 Å². The minimum absolute atomic E-state index is 0. The van der Waals surface area contributed by atoms with E-state index in [1.165, 1.54) is 0 Å². The van der Waals surface area contributed by atoms with Crippen LogP contribution in [-0.2, 0) is 24.2 Å². The predicted octanol–water partition coefficient (Wildman–Crippen LogP) is 5.15. The molecule has 31 heavy (non-hydrogen) atoms. The van der Waals surface area contributed by atoms with Crippen molar-refractivity contribution in [1.29, 1.82) is 0 Å². The van der Waals surface area contributed by atoms with Crippen molar-refractivity contribution in [3.63, 3.8) is 0 Å². The molecule has 0 bridgehead atoms. The van der Waals surface area contributed by atoms with Crippen molar-refractivity contribution >= 4 is 35.2 Å². The second-order valence-corrected chi connectivity index (χ2v) is 8.99. The van der Waals surface area contributed by atoms with Gasteiger partial charge in [-0.05, 0) is 48.6 Å². The predicted molar refractivity (Wildman–Crippen MR) is 129 cm³/mol. The number of rotatable bonds is 10. The fourth-order valence-electron chi connectivity index (χ4n) is 3.05. The van der Waals surface area contributed by atoms with Crippen molar-refractivity contribution in [3.8, 4) is 5.75 Å². The second-order valence-electron chi connectivity index (χ2n) is 7.11. The van der Waals surface area contributed by atoms with Crippen LogP contribution in [0.5, 0.6) is 5.75 Å². The third-order valence-electron chi connectivity index (χ3n) is 4.76. The number of halogens is 2. The third kappa shape index (κ3) is 7.72. The highest BCUT2D eigenvalue weighted by atomic mass is 35.5. The summed E-state index contributed by atoms with van der Waals surface area (Å²) >= 11 is 5.06. The number of benzene rings is 3. The van der Waals surface area contributed by atoms with Crippen molar-refractivity contribution in [2.45, 2.75) is 41.7 Å². The van der Waals surface area contributed by atoms with Crippen LogP contribution in [0.3, 0.4) is 0 Å². The quantitative estimate of drug-likeness (QED) is 0.394. The lowest BCUT2D eigenvalue weighted by Crippen LogP contribution is -2.24. The molecule has 0 fully saturated rings. The monoisotopic (exact) mass is 479 g/mol. The van der Waals surface area contributed by atoms with Crippen LogP contribution in [0.4, 0.5) is 0 Å². The number of ether oxygens (including phenoxy) is 1.